The van der Waals surface area contributed by atoms with Gasteiger partial charge >= 0.3 is 6.03 Å². The third kappa shape index (κ3) is 3.24. The highest BCUT2D eigenvalue weighted by molar-refractivity contribution is 6.10. The number of H-pyrrole nitrogens is 2. The maximum absolute atomic E-state index is 13.0. The number of imidazole rings is 1. The van der Waals surface area contributed by atoms with Gasteiger partial charge in [-0.05, 0) is 59.2 Å². The molecule has 0 saturated carbocycles. The molecule has 1 aliphatic rings. The summed E-state index contributed by atoms with van der Waals surface area (Å²) in [4.78, 5) is 37.0. The van der Waals surface area contributed by atoms with E-state index in [1.165, 1.54) is 0 Å². The van der Waals surface area contributed by atoms with Crippen LogP contribution in [0.3, 0.4) is 0 Å². The third-order valence-electron chi connectivity index (χ3n) is 5.96. The normalized spacial score (nSPS) is 15.1. The van der Waals surface area contributed by atoms with Crippen molar-refractivity contribution in [2.24, 2.45) is 0 Å². The molecule has 1 aliphatic heterocycles. The number of anilines is 2. The van der Waals surface area contributed by atoms with Crippen LogP contribution >= 0.6 is 0 Å². The second kappa shape index (κ2) is 7.40. The first-order valence-corrected chi connectivity index (χ1v) is 10.7. The summed E-state index contributed by atoms with van der Waals surface area (Å²) in [6, 6.07) is 3.83. The number of nitrogens with one attached hydrogen (secondary N) is 3. The molecule has 0 saturated heterocycles. The van der Waals surface area contributed by atoms with Crippen LogP contribution in [0.1, 0.15) is 47.1 Å². The molecule has 3 aromatic rings. The molecule has 3 heterocycles. The summed E-state index contributed by atoms with van der Waals surface area (Å²) in [5, 5.41) is 10.0. The van der Waals surface area contributed by atoms with Crippen molar-refractivity contribution < 1.29 is 9.59 Å². The van der Waals surface area contributed by atoms with E-state index in [0.29, 0.717) is 30.3 Å². The number of aromatic nitrogens is 4. The second-order valence-corrected chi connectivity index (χ2v) is 8.62. The molecule has 3 N–H and O–H groups in total. The molecule has 164 valence electrons. The molecule has 1 aromatic carbocycles. The minimum atomic E-state index is -0.603. The Labute approximate surface area is 181 Å². The molecule has 9 heteroatoms. The average Bonchev–Trinajstić information content (AvgIpc) is 3.37. The predicted octanol–water partition coefficient (Wildman–Crippen LogP) is 3.86. The van der Waals surface area contributed by atoms with E-state index in [2.05, 4.69) is 20.5 Å². The van der Waals surface area contributed by atoms with Gasteiger partial charge in [-0.2, -0.15) is 5.10 Å². The molecule has 0 aliphatic carbocycles. The lowest BCUT2D eigenvalue weighted by atomic mass is 9.86. The topological polar surface area (TPSA) is 110 Å². The van der Waals surface area contributed by atoms with Gasteiger partial charge in [-0.1, -0.05) is 0 Å². The first kappa shape index (κ1) is 20.9. The van der Waals surface area contributed by atoms with Gasteiger partial charge in [0.2, 0.25) is 5.91 Å². The molecule has 2 aromatic heterocycles. The standard InChI is InChI=1S/C22H29N7O2/c1-7-28(8-2)21(31)26-16-11-23-27-18(16)19-24-14-9-13-17(10-15(14)25-19)29(12(3)4)20(30)22(13,5)6/h9-12H,7-8H2,1-6H3,(H,23,27)(H,24,25)(H,26,31). The van der Waals surface area contributed by atoms with E-state index < -0.39 is 5.41 Å². The molecule has 0 fully saturated rings. The summed E-state index contributed by atoms with van der Waals surface area (Å²) >= 11 is 0. The van der Waals surface area contributed by atoms with Crippen molar-refractivity contribution in [3.8, 4) is 11.5 Å². The monoisotopic (exact) mass is 423 g/mol. The van der Waals surface area contributed by atoms with E-state index in [1.54, 1.807) is 11.1 Å². The van der Waals surface area contributed by atoms with Crippen molar-refractivity contribution >= 4 is 34.3 Å². The summed E-state index contributed by atoms with van der Waals surface area (Å²) in [6.45, 7) is 13.0. The van der Waals surface area contributed by atoms with Gasteiger partial charge in [0.15, 0.2) is 11.5 Å². The summed E-state index contributed by atoms with van der Waals surface area (Å²) in [5.74, 6) is 0.647. The molecule has 4 rings (SSSR count). The van der Waals surface area contributed by atoms with Crippen LogP contribution in [0, 0.1) is 0 Å². The Morgan fingerprint density at radius 1 is 1.26 bits per heavy atom. The fourth-order valence-electron chi connectivity index (χ4n) is 4.17. The van der Waals surface area contributed by atoms with Gasteiger partial charge in [-0.3, -0.25) is 9.89 Å². The molecule has 9 nitrogen and oxygen atoms in total. The van der Waals surface area contributed by atoms with Crippen molar-refractivity contribution in [3.05, 3.63) is 23.9 Å². The number of nitrogens with zero attached hydrogens (tertiary/aromatic N) is 4. The highest BCUT2D eigenvalue weighted by Crippen LogP contribution is 2.44. The van der Waals surface area contributed by atoms with Crippen LogP contribution < -0.4 is 10.2 Å². The Balaban J connectivity index is 1.74. The van der Waals surface area contributed by atoms with Crippen molar-refractivity contribution in [1.82, 2.24) is 25.1 Å². The van der Waals surface area contributed by atoms with Crippen molar-refractivity contribution in [2.75, 3.05) is 23.3 Å². The van der Waals surface area contributed by atoms with E-state index in [4.69, 9.17) is 4.98 Å². The lowest BCUT2D eigenvalue weighted by molar-refractivity contribution is -0.122. The van der Waals surface area contributed by atoms with E-state index >= 15 is 0 Å². The Bertz CT molecular complexity index is 1150. The van der Waals surface area contributed by atoms with Gasteiger partial charge in [0.25, 0.3) is 0 Å². The summed E-state index contributed by atoms with van der Waals surface area (Å²) in [5.41, 5.74) is 3.93. The minimum Gasteiger partial charge on any atom is -0.337 e. The van der Waals surface area contributed by atoms with Crippen LogP contribution in [-0.2, 0) is 10.2 Å². The molecule has 0 radical (unpaired) electrons. The van der Waals surface area contributed by atoms with Gasteiger partial charge in [0, 0.05) is 25.3 Å². The van der Waals surface area contributed by atoms with Gasteiger partial charge in [0.05, 0.1) is 27.8 Å². The van der Waals surface area contributed by atoms with Crippen LogP contribution in [0.2, 0.25) is 0 Å². The quantitative estimate of drug-likeness (QED) is 0.579. The van der Waals surface area contributed by atoms with Crippen LogP contribution in [0.4, 0.5) is 16.2 Å². The van der Waals surface area contributed by atoms with Crippen molar-refractivity contribution in [3.63, 3.8) is 0 Å². The summed E-state index contributed by atoms with van der Waals surface area (Å²) in [7, 11) is 0. The molecular formula is C22H29N7O2. The van der Waals surface area contributed by atoms with Crippen LogP contribution in [0.15, 0.2) is 18.3 Å². The number of carbonyl (C=O) groups is 2. The van der Waals surface area contributed by atoms with E-state index in [9.17, 15) is 9.59 Å². The Hall–Kier alpha value is -3.36. The number of carbonyl (C=O) groups excluding carboxylic acids is 2. The Kier molecular flexibility index (Phi) is 4.99. The molecular weight excluding hydrogens is 394 g/mol. The highest BCUT2D eigenvalue weighted by atomic mass is 16.2. The van der Waals surface area contributed by atoms with E-state index in [1.807, 2.05) is 58.6 Å². The van der Waals surface area contributed by atoms with Crippen LogP contribution in [-0.4, -0.2) is 56.1 Å². The Morgan fingerprint density at radius 2 is 1.97 bits per heavy atom. The zero-order valence-corrected chi connectivity index (χ0v) is 18.8. The first-order chi connectivity index (χ1) is 14.7. The number of benzene rings is 1. The van der Waals surface area contributed by atoms with E-state index in [0.717, 1.165) is 22.3 Å². The molecule has 0 bridgehead atoms. The number of hydrogen-bond donors (Lipinski definition) is 3. The van der Waals surface area contributed by atoms with E-state index in [-0.39, 0.29) is 18.0 Å². The highest BCUT2D eigenvalue weighted by Gasteiger charge is 2.45. The fraction of sp³-hybridized carbons (Fsp3) is 0.455. The Morgan fingerprint density at radius 3 is 2.61 bits per heavy atom. The number of urea groups is 1. The van der Waals surface area contributed by atoms with Crippen LogP contribution in [0.25, 0.3) is 22.6 Å². The van der Waals surface area contributed by atoms with Gasteiger partial charge in [-0.15, -0.1) is 0 Å². The number of rotatable bonds is 5. The van der Waals surface area contributed by atoms with Gasteiger partial charge in [0.1, 0.15) is 0 Å². The van der Waals surface area contributed by atoms with Gasteiger partial charge < -0.3 is 20.1 Å². The lowest BCUT2D eigenvalue weighted by Gasteiger charge is -2.24. The largest absolute Gasteiger partial charge is 0.337 e. The third-order valence-corrected chi connectivity index (χ3v) is 5.96. The van der Waals surface area contributed by atoms with Crippen LogP contribution in [0.5, 0.6) is 0 Å². The number of aromatic amines is 2. The maximum atomic E-state index is 13.0. The smallest absolute Gasteiger partial charge is 0.321 e. The number of hydrogen-bond acceptors (Lipinski definition) is 4. The van der Waals surface area contributed by atoms with Crippen molar-refractivity contribution in [2.45, 2.75) is 53.0 Å². The molecule has 31 heavy (non-hydrogen) atoms. The zero-order chi connectivity index (χ0) is 22.5. The minimum absolute atomic E-state index is 0.0529. The van der Waals surface area contributed by atoms with Crippen molar-refractivity contribution in [1.29, 1.82) is 0 Å². The predicted molar refractivity (Wildman–Crippen MR) is 121 cm³/mol. The maximum Gasteiger partial charge on any atom is 0.321 e. The second-order valence-electron chi connectivity index (χ2n) is 8.62. The fourth-order valence-corrected chi connectivity index (χ4v) is 4.17. The SMILES string of the molecule is CCN(CC)C(=O)Nc1c[nH]nc1-c1nc2cc3c(cc2[nH]1)C(C)(C)C(=O)N3C(C)C. The lowest BCUT2D eigenvalue weighted by Crippen LogP contribution is -2.40. The summed E-state index contributed by atoms with van der Waals surface area (Å²) in [6.07, 6.45) is 1.65. The summed E-state index contributed by atoms with van der Waals surface area (Å²) < 4.78 is 0. The molecule has 0 atom stereocenters. The molecule has 3 amide bonds. The van der Waals surface area contributed by atoms with Gasteiger partial charge in [-0.25, -0.2) is 9.78 Å². The average molecular weight is 424 g/mol. The molecule has 0 spiro atoms. The molecule has 0 unspecified atom stereocenters. The number of fused-ring (bicyclic) bond motifs is 2. The number of amides is 3. The zero-order valence-electron chi connectivity index (χ0n) is 18.8. The first-order valence-electron chi connectivity index (χ1n) is 10.7.